The highest BCUT2D eigenvalue weighted by Crippen LogP contribution is 2.21. The molecule has 86 valence electrons. The van der Waals surface area contributed by atoms with Crippen molar-refractivity contribution in [1.29, 1.82) is 0 Å². The van der Waals surface area contributed by atoms with Crippen molar-refractivity contribution in [2.75, 3.05) is 6.73 Å². The molecule has 0 radical (unpaired) electrons. The molecule has 0 aliphatic rings. The average molecular weight is 227 g/mol. The largest absolute Gasteiger partial charge is 0.478 e. The highest BCUT2D eigenvalue weighted by Gasteiger charge is 2.13. The predicted octanol–water partition coefficient (Wildman–Crippen LogP) is 2.21. The van der Waals surface area contributed by atoms with Gasteiger partial charge in [0.15, 0.2) is 5.78 Å². The third-order valence-electron chi connectivity index (χ3n) is 2.41. The van der Waals surface area contributed by atoms with Crippen molar-refractivity contribution in [3.8, 4) is 5.75 Å². The van der Waals surface area contributed by atoms with Gasteiger partial charge in [-0.3, -0.25) is 10.5 Å². The van der Waals surface area contributed by atoms with E-state index in [9.17, 15) is 4.79 Å². The fourth-order valence-corrected chi connectivity index (χ4v) is 1.61. The first-order valence-corrected chi connectivity index (χ1v) is 5.34. The SMILES string of the molecule is NCOc1ccccc1C(=O)c1ccccc1. The lowest BCUT2D eigenvalue weighted by Crippen LogP contribution is -2.11. The van der Waals surface area contributed by atoms with Gasteiger partial charge in [-0.1, -0.05) is 42.5 Å². The van der Waals surface area contributed by atoms with Crippen molar-refractivity contribution >= 4 is 5.78 Å². The molecule has 3 heteroatoms. The molecule has 17 heavy (non-hydrogen) atoms. The maximum atomic E-state index is 12.2. The van der Waals surface area contributed by atoms with Gasteiger partial charge in [-0.2, -0.15) is 0 Å². The lowest BCUT2D eigenvalue weighted by atomic mass is 10.0. The topological polar surface area (TPSA) is 52.3 Å². The Bertz CT molecular complexity index is 509. The number of carbonyl (C=O) groups excluding carboxylic acids is 1. The minimum Gasteiger partial charge on any atom is -0.478 e. The monoisotopic (exact) mass is 227 g/mol. The van der Waals surface area contributed by atoms with Gasteiger partial charge in [-0.15, -0.1) is 0 Å². The van der Waals surface area contributed by atoms with Crippen LogP contribution in [-0.2, 0) is 0 Å². The Hall–Kier alpha value is -2.13. The first-order chi connectivity index (χ1) is 8.33. The summed E-state index contributed by atoms with van der Waals surface area (Å²) < 4.78 is 5.24. The normalized spacial score (nSPS) is 9.94. The first kappa shape index (κ1) is 11.4. The molecule has 0 heterocycles. The molecule has 0 aromatic heterocycles. The van der Waals surface area contributed by atoms with Crippen molar-refractivity contribution in [2.45, 2.75) is 0 Å². The zero-order valence-corrected chi connectivity index (χ0v) is 9.30. The van der Waals surface area contributed by atoms with E-state index in [1.807, 2.05) is 24.3 Å². The Morgan fingerprint density at radius 3 is 2.35 bits per heavy atom. The molecule has 0 bridgehead atoms. The van der Waals surface area contributed by atoms with Crippen LogP contribution in [0.3, 0.4) is 0 Å². The van der Waals surface area contributed by atoms with E-state index in [2.05, 4.69) is 0 Å². The summed E-state index contributed by atoms with van der Waals surface area (Å²) in [5, 5.41) is 0. The maximum absolute atomic E-state index is 12.2. The van der Waals surface area contributed by atoms with Crippen LogP contribution in [0.5, 0.6) is 5.75 Å². The molecule has 2 rings (SSSR count). The maximum Gasteiger partial charge on any atom is 0.196 e. The second-order valence-electron chi connectivity index (χ2n) is 3.50. The summed E-state index contributed by atoms with van der Waals surface area (Å²) in [4.78, 5) is 12.2. The van der Waals surface area contributed by atoms with E-state index in [1.165, 1.54) is 0 Å². The third kappa shape index (κ3) is 2.52. The zero-order chi connectivity index (χ0) is 12.1. The van der Waals surface area contributed by atoms with Crippen molar-refractivity contribution in [2.24, 2.45) is 5.73 Å². The van der Waals surface area contributed by atoms with E-state index < -0.39 is 0 Å². The lowest BCUT2D eigenvalue weighted by Gasteiger charge is -2.08. The van der Waals surface area contributed by atoms with E-state index in [0.29, 0.717) is 16.9 Å². The minimum absolute atomic E-state index is 0.0546. The van der Waals surface area contributed by atoms with Crippen molar-refractivity contribution in [1.82, 2.24) is 0 Å². The number of benzene rings is 2. The quantitative estimate of drug-likeness (QED) is 0.643. The molecule has 3 nitrogen and oxygen atoms in total. The Morgan fingerprint density at radius 2 is 1.65 bits per heavy atom. The van der Waals surface area contributed by atoms with Gasteiger partial charge in [0, 0.05) is 5.56 Å². The van der Waals surface area contributed by atoms with Gasteiger partial charge in [-0.25, -0.2) is 0 Å². The predicted molar refractivity (Wildman–Crippen MR) is 66.0 cm³/mol. The smallest absolute Gasteiger partial charge is 0.196 e. The van der Waals surface area contributed by atoms with Gasteiger partial charge in [0.25, 0.3) is 0 Å². The molecule has 0 fully saturated rings. The Labute approximate surface area is 99.8 Å². The molecular formula is C14H13NO2. The van der Waals surface area contributed by atoms with Gasteiger partial charge in [0.2, 0.25) is 0 Å². The molecular weight excluding hydrogens is 214 g/mol. The fraction of sp³-hybridized carbons (Fsp3) is 0.0714. The Balaban J connectivity index is 2.37. The van der Waals surface area contributed by atoms with Crippen LogP contribution >= 0.6 is 0 Å². The molecule has 0 aliphatic heterocycles. The van der Waals surface area contributed by atoms with E-state index in [0.717, 1.165) is 0 Å². The third-order valence-corrected chi connectivity index (χ3v) is 2.41. The van der Waals surface area contributed by atoms with Gasteiger partial charge in [0.1, 0.15) is 12.5 Å². The molecule has 2 aromatic carbocycles. The zero-order valence-electron chi connectivity index (χ0n) is 9.30. The van der Waals surface area contributed by atoms with Crippen LogP contribution in [0.15, 0.2) is 54.6 Å². The molecule has 0 amide bonds. The van der Waals surface area contributed by atoms with Gasteiger partial charge >= 0.3 is 0 Å². The van der Waals surface area contributed by atoms with Crippen LogP contribution in [0.1, 0.15) is 15.9 Å². The van der Waals surface area contributed by atoms with E-state index >= 15 is 0 Å². The van der Waals surface area contributed by atoms with Crippen LogP contribution in [0.4, 0.5) is 0 Å². The van der Waals surface area contributed by atoms with E-state index in [1.54, 1.807) is 30.3 Å². The van der Waals surface area contributed by atoms with Gasteiger partial charge in [-0.05, 0) is 12.1 Å². The van der Waals surface area contributed by atoms with Crippen molar-refractivity contribution in [3.05, 3.63) is 65.7 Å². The number of carbonyl (C=O) groups is 1. The summed E-state index contributed by atoms with van der Waals surface area (Å²) in [6.45, 7) is 0.0546. The lowest BCUT2D eigenvalue weighted by molar-refractivity contribution is 0.103. The standard InChI is InChI=1S/C14H13NO2/c15-10-17-13-9-5-4-8-12(13)14(16)11-6-2-1-3-7-11/h1-9H,10,15H2. The second-order valence-corrected chi connectivity index (χ2v) is 3.50. The number of para-hydroxylation sites is 1. The molecule has 0 spiro atoms. The summed E-state index contributed by atoms with van der Waals surface area (Å²) >= 11 is 0. The van der Waals surface area contributed by atoms with Gasteiger partial charge < -0.3 is 4.74 Å². The molecule has 0 aliphatic carbocycles. The fourth-order valence-electron chi connectivity index (χ4n) is 1.61. The number of ether oxygens (including phenoxy) is 1. The van der Waals surface area contributed by atoms with Crippen LogP contribution in [0.25, 0.3) is 0 Å². The molecule has 0 atom stereocenters. The Kier molecular flexibility index (Phi) is 3.52. The number of hydrogen-bond acceptors (Lipinski definition) is 3. The average Bonchev–Trinajstić information content (AvgIpc) is 2.40. The summed E-state index contributed by atoms with van der Waals surface area (Å²) in [5.41, 5.74) is 6.51. The Morgan fingerprint density at radius 1 is 1.00 bits per heavy atom. The van der Waals surface area contributed by atoms with Crippen LogP contribution in [-0.4, -0.2) is 12.5 Å². The number of nitrogens with two attached hydrogens (primary N) is 1. The van der Waals surface area contributed by atoms with E-state index in [-0.39, 0.29) is 12.5 Å². The molecule has 0 saturated carbocycles. The van der Waals surface area contributed by atoms with Crippen LogP contribution in [0, 0.1) is 0 Å². The first-order valence-electron chi connectivity index (χ1n) is 5.34. The molecule has 0 saturated heterocycles. The van der Waals surface area contributed by atoms with E-state index in [4.69, 9.17) is 10.5 Å². The number of hydrogen-bond donors (Lipinski definition) is 1. The molecule has 2 aromatic rings. The highest BCUT2D eigenvalue weighted by molar-refractivity contribution is 6.10. The molecule has 2 N–H and O–H groups in total. The highest BCUT2D eigenvalue weighted by atomic mass is 16.5. The summed E-state index contributed by atoms with van der Waals surface area (Å²) in [6, 6.07) is 16.2. The number of ketones is 1. The van der Waals surface area contributed by atoms with Gasteiger partial charge in [0.05, 0.1) is 5.56 Å². The summed E-state index contributed by atoms with van der Waals surface area (Å²) in [6.07, 6.45) is 0. The van der Waals surface area contributed by atoms with Crippen LogP contribution in [0.2, 0.25) is 0 Å². The van der Waals surface area contributed by atoms with Crippen LogP contribution < -0.4 is 10.5 Å². The summed E-state index contributed by atoms with van der Waals surface area (Å²) in [7, 11) is 0. The van der Waals surface area contributed by atoms with Crippen molar-refractivity contribution < 1.29 is 9.53 Å². The number of rotatable bonds is 4. The van der Waals surface area contributed by atoms with Crippen molar-refractivity contribution in [3.63, 3.8) is 0 Å². The molecule has 0 unspecified atom stereocenters. The summed E-state index contributed by atoms with van der Waals surface area (Å²) in [5.74, 6) is 0.457. The minimum atomic E-state index is -0.0605. The second kappa shape index (κ2) is 5.27.